The van der Waals surface area contributed by atoms with Crippen LogP contribution < -0.4 is 15.4 Å². The molecule has 25 heavy (non-hydrogen) atoms. The van der Waals surface area contributed by atoms with Crippen LogP contribution in [-0.4, -0.2) is 57.7 Å². The molecule has 0 bridgehead atoms. The molecule has 0 unspecified atom stereocenters. The van der Waals surface area contributed by atoms with Crippen molar-refractivity contribution in [3.8, 4) is 5.75 Å². The van der Waals surface area contributed by atoms with Crippen LogP contribution >= 0.6 is 35.6 Å². The second-order valence-corrected chi connectivity index (χ2v) is 6.44. The van der Waals surface area contributed by atoms with Gasteiger partial charge in [0.15, 0.2) is 5.96 Å². The number of hydrogen-bond acceptors (Lipinski definition) is 3. The van der Waals surface area contributed by atoms with Gasteiger partial charge in [0.2, 0.25) is 0 Å². The number of aliphatic imine (C=N–C) groups is 1. The lowest BCUT2D eigenvalue weighted by molar-refractivity contribution is 0.334. The molecule has 1 aromatic rings. The van der Waals surface area contributed by atoms with Gasteiger partial charge in [-0.3, -0.25) is 4.99 Å². The molecule has 2 rings (SSSR count). The summed E-state index contributed by atoms with van der Waals surface area (Å²) in [7, 11) is 3.45. The van der Waals surface area contributed by atoms with E-state index in [0.717, 1.165) is 48.2 Å². The number of methoxy groups -OCH3 is 1. The maximum Gasteiger partial charge on any atom is 0.190 e. The van der Waals surface area contributed by atoms with Crippen molar-refractivity contribution in [1.29, 1.82) is 0 Å². The Hall–Kier alpha value is -0.730. The number of halogens is 2. The highest BCUT2D eigenvalue weighted by Crippen LogP contribution is 2.22. The summed E-state index contributed by atoms with van der Waals surface area (Å²) in [5.74, 6) is 1.63. The maximum atomic E-state index is 6.26. The average molecular weight is 481 g/mol. The molecule has 2 N–H and O–H groups in total. The minimum Gasteiger partial charge on any atom is -0.497 e. The molecule has 0 aromatic heterocycles. The number of rotatable bonds is 8. The lowest BCUT2D eigenvalue weighted by atomic mass is 10.1. The number of ether oxygens (including phenoxy) is 1. The van der Waals surface area contributed by atoms with Crippen LogP contribution in [0.15, 0.2) is 23.2 Å². The van der Waals surface area contributed by atoms with Crippen molar-refractivity contribution < 1.29 is 4.74 Å². The molecule has 0 radical (unpaired) electrons. The zero-order valence-corrected chi connectivity index (χ0v) is 18.3. The van der Waals surface area contributed by atoms with Crippen LogP contribution in [0.25, 0.3) is 0 Å². The zero-order valence-electron chi connectivity index (χ0n) is 15.2. The number of nitrogens with zero attached hydrogens (tertiary/aromatic N) is 2. The number of guanidine groups is 1. The number of benzene rings is 1. The Kier molecular flexibility index (Phi) is 11.2. The quantitative estimate of drug-likeness (QED) is 0.260. The van der Waals surface area contributed by atoms with Gasteiger partial charge in [-0.1, -0.05) is 17.7 Å². The first-order valence-electron chi connectivity index (χ1n) is 8.72. The molecule has 0 saturated carbocycles. The first-order chi connectivity index (χ1) is 11.7. The Balaban J connectivity index is 0.00000312. The number of hydrogen-bond donors (Lipinski definition) is 2. The van der Waals surface area contributed by atoms with Crippen LogP contribution in [0.3, 0.4) is 0 Å². The minimum atomic E-state index is 0. The third-order valence-corrected chi connectivity index (χ3v) is 4.66. The van der Waals surface area contributed by atoms with Crippen molar-refractivity contribution in [2.75, 3.05) is 46.9 Å². The molecule has 0 atom stereocenters. The third-order valence-electron chi connectivity index (χ3n) is 4.31. The van der Waals surface area contributed by atoms with E-state index in [0.29, 0.717) is 0 Å². The van der Waals surface area contributed by atoms with Crippen LogP contribution in [0, 0.1) is 0 Å². The largest absolute Gasteiger partial charge is 0.497 e. The van der Waals surface area contributed by atoms with Crippen molar-refractivity contribution in [1.82, 2.24) is 15.5 Å². The summed E-state index contributed by atoms with van der Waals surface area (Å²) in [6, 6.07) is 5.80. The molecule has 0 aliphatic carbocycles. The average Bonchev–Trinajstić information content (AvgIpc) is 3.11. The van der Waals surface area contributed by atoms with Gasteiger partial charge in [-0.2, -0.15) is 0 Å². The zero-order chi connectivity index (χ0) is 17.2. The standard InChI is InChI=1S/C18H29ClN4O.HI/c1-20-18(21-9-5-13-23-11-3-4-12-23)22-10-8-15-6-7-16(24-2)14-17(15)19;/h6-7,14H,3-5,8-13H2,1-2H3,(H2,20,21,22);1H. The van der Waals surface area contributed by atoms with Crippen LogP contribution in [-0.2, 0) is 6.42 Å². The first kappa shape index (κ1) is 22.3. The van der Waals surface area contributed by atoms with E-state index in [-0.39, 0.29) is 24.0 Å². The van der Waals surface area contributed by atoms with E-state index in [9.17, 15) is 0 Å². The number of likely N-dealkylation sites (tertiary alicyclic amines) is 1. The molecule has 1 fully saturated rings. The molecule has 1 aromatic carbocycles. The summed E-state index contributed by atoms with van der Waals surface area (Å²) in [6.45, 7) is 5.42. The first-order valence-corrected chi connectivity index (χ1v) is 9.10. The third kappa shape index (κ3) is 8.00. The molecular weight excluding hydrogens is 451 g/mol. The Bertz CT molecular complexity index is 536. The highest BCUT2D eigenvalue weighted by molar-refractivity contribution is 14.0. The van der Waals surface area contributed by atoms with Gasteiger partial charge in [0.05, 0.1) is 7.11 Å². The van der Waals surface area contributed by atoms with Gasteiger partial charge < -0.3 is 20.3 Å². The highest BCUT2D eigenvalue weighted by atomic mass is 127. The Morgan fingerprint density at radius 2 is 1.96 bits per heavy atom. The van der Waals surface area contributed by atoms with E-state index in [1.807, 2.05) is 18.2 Å². The van der Waals surface area contributed by atoms with Crippen LogP contribution in [0.4, 0.5) is 0 Å². The van der Waals surface area contributed by atoms with Gasteiger partial charge in [-0.05, 0) is 63.0 Å². The van der Waals surface area contributed by atoms with Gasteiger partial charge >= 0.3 is 0 Å². The lowest BCUT2D eigenvalue weighted by Crippen LogP contribution is -2.39. The summed E-state index contributed by atoms with van der Waals surface area (Å²) in [5, 5.41) is 7.45. The highest BCUT2D eigenvalue weighted by Gasteiger charge is 2.10. The maximum absolute atomic E-state index is 6.26. The van der Waals surface area contributed by atoms with Crippen molar-refractivity contribution >= 4 is 41.5 Å². The van der Waals surface area contributed by atoms with E-state index < -0.39 is 0 Å². The van der Waals surface area contributed by atoms with Crippen LogP contribution in [0.1, 0.15) is 24.8 Å². The van der Waals surface area contributed by atoms with Crippen LogP contribution in [0.2, 0.25) is 5.02 Å². The molecule has 5 nitrogen and oxygen atoms in total. The fourth-order valence-corrected chi connectivity index (χ4v) is 3.17. The van der Waals surface area contributed by atoms with Crippen molar-refractivity contribution in [2.45, 2.75) is 25.7 Å². The SMILES string of the molecule is CN=C(NCCCN1CCCC1)NCCc1ccc(OC)cc1Cl.I. The molecule has 7 heteroatoms. The molecular formula is C18H30ClIN4O. The summed E-state index contributed by atoms with van der Waals surface area (Å²) in [5.41, 5.74) is 1.11. The number of nitrogens with one attached hydrogen (secondary N) is 2. The summed E-state index contributed by atoms with van der Waals surface area (Å²) >= 11 is 6.26. The molecule has 0 spiro atoms. The van der Waals surface area contributed by atoms with Crippen molar-refractivity contribution in [3.05, 3.63) is 28.8 Å². The summed E-state index contributed by atoms with van der Waals surface area (Å²) in [6.07, 6.45) is 4.69. The van der Waals surface area contributed by atoms with E-state index in [1.165, 1.54) is 32.5 Å². The van der Waals surface area contributed by atoms with E-state index in [4.69, 9.17) is 16.3 Å². The summed E-state index contributed by atoms with van der Waals surface area (Å²) in [4.78, 5) is 6.80. The minimum absolute atomic E-state index is 0. The molecule has 1 aliphatic heterocycles. The van der Waals surface area contributed by atoms with Gasteiger partial charge in [-0.15, -0.1) is 24.0 Å². The monoisotopic (exact) mass is 480 g/mol. The van der Waals surface area contributed by atoms with Gasteiger partial charge in [0.1, 0.15) is 5.75 Å². The Morgan fingerprint density at radius 3 is 2.60 bits per heavy atom. The van der Waals surface area contributed by atoms with Gasteiger partial charge in [0.25, 0.3) is 0 Å². The molecule has 1 saturated heterocycles. The van der Waals surface area contributed by atoms with E-state index in [2.05, 4.69) is 20.5 Å². The normalized spacial score (nSPS) is 14.9. The van der Waals surface area contributed by atoms with Crippen LogP contribution in [0.5, 0.6) is 5.75 Å². The Labute approximate surface area is 173 Å². The fraction of sp³-hybridized carbons (Fsp3) is 0.611. The fourth-order valence-electron chi connectivity index (χ4n) is 2.91. The van der Waals surface area contributed by atoms with E-state index >= 15 is 0 Å². The molecule has 1 aliphatic rings. The predicted octanol–water partition coefficient (Wildman–Crippen LogP) is 3.16. The predicted molar refractivity (Wildman–Crippen MR) is 117 cm³/mol. The Morgan fingerprint density at radius 1 is 1.24 bits per heavy atom. The second kappa shape index (κ2) is 12.6. The van der Waals surface area contributed by atoms with Crippen molar-refractivity contribution in [2.24, 2.45) is 4.99 Å². The second-order valence-electron chi connectivity index (χ2n) is 6.04. The van der Waals surface area contributed by atoms with Crippen molar-refractivity contribution in [3.63, 3.8) is 0 Å². The van der Waals surface area contributed by atoms with E-state index in [1.54, 1.807) is 14.2 Å². The smallest absolute Gasteiger partial charge is 0.190 e. The van der Waals surface area contributed by atoms with Gasteiger partial charge in [-0.25, -0.2) is 0 Å². The lowest BCUT2D eigenvalue weighted by Gasteiger charge is -2.16. The van der Waals surface area contributed by atoms with Gasteiger partial charge in [0, 0.05) is 25.2 Å². The summed E-state index contributed by atoms with van der Waals surface area (Å²) < 4.78 is 5.17. The molecule has 142 valence electrons. The topological polar surface area (TPSA) is 48.9 Å². The molecule has 1 heterocycles. The molecule has 0 amide bonds.